The molecule has 1 N–H and O–H groups in total. The summed E-state index contributed by atoms with van der Waals surface area (Å²) in [5.74, 6) is 0.0621. The van der Waals surface area contributed by atoms with E-state index in [2.05, 4.69) is 20.8 Å². The molecule has 6 nitrogen and oxygen atoms in total. The zero-order valence-corrected chi connectivity index (χ0v) is 11.1. The molecule has 2 rings (SSSR count). The van der Waals surface area contributed by atoms with Crippen LogP contribution in [0.2, 0.25) is 5.02 Å². The van der Waals surface area contributed by atoms with E-state index < -0.39 is 5.82 Å². The van der Waals surface area contributed by atoms with Gasteiger partial charge in [0.1, 0.15) is 11.5 Å². The van der Waals surface area contributed by atoms with Crippen LogP contribution in [0.15, 0.2) is 18.2 Å². The van der Waals surface area contributed by atoms with E-state index in [0.29, 0.717) is 30.5 Å². The molecule has 0 fully saturated rings. The lowest BCUT2D eigenvalue weighted by molar-refractivity contribution is 0.199. The van der Waals surface area contributed by atoms with Gasteiger partial charge in [0.15, 0.2) is 5.82 Å². The van der Waals surface area contributed by atoms with Crippen LogP contribution in [0.3, 0.4) is 0 Å². The number of benzene rings is 1. The van der Waals surface area contributed by atoms with E-state index in [-0.39, 0.29) is 5.69 Å². The summed E-state index contributed by atoms with van der Waals surface area (Å²) in [5, 5.41) is 14.7. The van der Waals surface area contributed by atoms with Crippen molar-refractivity contribution in [3.05, 3.63) is 34.9 Å². The van der Waals surface area contributed by atoms with Gasteiger partial charge in [0.25, 0.3) is 0 Å². The maximum Gasteiger partial charge on any atom is 0.170 e. The molecule has 8 heteroatoms. The van der Waals surface area contributed by atoms with E-state index in [1.54, 1.807) is 7.11 Å². The highest BCUT2D eigenvalue weighted by Crippen LogP contribution is 2.18. The number of hydrogen-bond acceptors (Lipinski definition) is 5. The Hall–Kier alpha value is -1.57. The third-order valence-electron chi connectivity index (χ3n) is 2.44. The quantitative estimate of drug-likeness (QED) is 0.808. The smallest absolute Gasteiger partial charge is 0.170 e. The predicted molar refractivity (Wildman–Crippen MR) is 67.7 cm³/mol. The average molecular weight is 286 g/mol. The number of nitrogens with zero attached hydrogens (tertiary/aromatic N) is 4. The van der Waals surface area contributed by atoms with Gasteiger partial charge in [-0.15, -0.1) is 5.10 Å². The third-order valence-corrected chi connectivity index (χ3v) is 2.67. The zero-order chi connectivity index (χ0) is 13.7. The van der Waals surface area contributed by atoms with E-state index in [0.717, 1.165) is 0 Å². The second kappa shape index (κ2) is 6.55. The summed E-state index contributed by atoms with van der Waals surface area (Å²) in [4.78, 5) is 0. The normalized spacial score (nSPS) is 10.9. The molecule has 1 aromatic heterocycles. The first-order valence-corrected chi connectivity index (χ1v) is 6.02. The van der Waals surface area contributed by atoms with Gasteiger partial charge in [-0.2, -0.15) is 4.68 Å². The number of rotatable bonds is 6. The monoisotopic (exact) mass is 285 g/mol. The van der Waals surface area contributed by atoms with Crippen molar-refractivity contribution in [2.24, 2.45) is 0 Å². The number of halogens is 2. The highest BCUT2D eigenvalue weighted by molar-refractivity contribution is 6.30. The Balaban J connectivity index is 2.16. The van der Waals surface area contributed by atoms with E-state index in [1.807, 2.05) is 0 Å². The van der Waals surface area contributed by atoms with Gasteiger partial charge in [-0.05, 0) is 28.6 Å². The van der Waals surface area contributed by atoms with Crippen molar-refractivity contribution in [1.29, 1.82) is 0 Å². The number of ether oxygens (including phenoxy) is 1. The standard InChI is InChI=1S/C11H13ClFN5O/c1-19-5-4-14-7-11-15-16-17-18(11)10-6-8(12)2-3-9(10)13/h2-3,6,14H,4-5,7H2,1H3. The SMILES string of the molecule is COCCNCc1nnnn1-c1cc(Cl)ccc1F. The van der Waals surface area contributed by atoms with Crippen molar-refractivity contribution < 1.29 is 9.13 Å². The van der Waals surface area contributed by atoms with Crippen molar-refractivity contribution >= 4 is 11.6 Å². The molecule has 0 atom stereocenters. The molecule has 0 spiro atoms. The molecule has 0 aliphatic rings. The Morgan fingerprint density at radius 2 is 2.32 bits per heavy atom. The van der Waals surface area contributed by atoms with Gasteiger partial charge in [0.05, 0.1) is 13.2 Å². The van der Waals surface area contributed by atoms with Gasteiger partial charge in [0.2, 0.25) is 0 Å². The van der Waals surface area contributed by atoms with Gasteiger partial charge < -0.3 is 10.1 Å². The molecule has 0 radical (unpaired) electrons. The molecule has 0 aliphatic carbocycles. The molecule has 0 saturated heterocycles. The van der Waals surface area contributed by atoms with Crippen molar-refractivity contribution in [2.45, 2.75) is 6.54 Å². The molecule has 1 heterocycles. The van der Waals surface area contributed by atoms with Crippen LogP contribution >= 0.6 is 11.6 Å². The molecule has 0 saturated carbocycles. The highest BCUT2D eigenvalue weighted by Gasteiger charge is 2.12. The lowest BCUT2D eigenvalue weighted by Gasteiger charge is -2.07. The Morgan fingerprint density at radius 3 is 3.11 bits per heavy atom. The topological polar surface area (TPSA) is 64.9 Å². The number of tetrazole rings is 1. The van der Waals surface area contributed by atoms with Crippen LogP contribution in [0, 0.1) is 5.82 Å². The van der Waals surface area contributed by atoms with E-state index in [1.165, 1.54) is 22.9 Å². The maximum absolute atomic E-state index is 13.7. The van der Waals surface area contributed by atoms with Crippen LogP contribution in [-0.2, 0) is 11.3 Å². The van der Waals surface area contributed by atoms with E-state index in [9.17, 15) is 4.39 Å². The Bertz CT molecular complexity index is 548. The molecule has 0 bridgehead atoms. The summed E-state index contributed by atoms with van der Waals surface area (Å²) in [7, 11) is 1.62. The van der Waals surface area contributed by atoms with Crippen LogP contribution in [0.1, 0.15) is 5.82 Å². The Labute approximate surface area is 114 Å². The van der Waals surface area contributed by atoms with Gasteiger partial charge >= 0.3 is 0 Å². The molecular formula is C11H13ClFN5O. The summed E-state index contributed by atoms with van der Waals surface area (Å²) in [6.45, 7) is 1.64. The van der Waals surface area contributed by atoms with Gasteiger partial charge in [-0.25, -0.2) is 4.39 Å². The van der Waals surface area contributed by atoms with Crippen LogP contribution < -0.4 is 5.32 Å². The highest BCUT2D eigenvalue weighted by atomic mass is 35.5. The first kappa shape index (κ1) is 13.9. The van der Waals surface area contributed by atoms with Crippen molar-refractivity contribution in [3.8, 4) is 5.69 Å². The minimum Gasteiger partial charge on any atom is -0.383 e. The van der Waals surface area contributed by atoms with E-state index in [4.69, 9.17) is 16.3 Å². The predicted octanol–water partition coefficient (Wildman–Crippen LogP) is 1.19. The first-order chi connectivity index (χ1) is 9.22. The van der Waals surface area contributed by atoms with Crippen LogP contribution in [0.25, 0.3) is 5.69 Å². The van der Waals surface area contributed by atoms with Gasteiger partial charge in [-0.1, -0.05) is 11.6 Å². The number of hydrogen-bond donors (Lipinski definition) is 1. The summed E-state index contributed by atoms with van der Waals surface area (Å²) >= 11 is 5.85. The summed E-state index contributed by atoms with van der Waals surface area (Å²) in [6.07, 6.45) is 0. The van der Waals surface area contributed by atoms with Crippen LogP contribution in [-0.4, -0.2) is 40.5 Å². The minimum absolute atomic E-state index is 0.223. The number of aromatic nitrogens is 4. The molecule has 2 aromatic rings. The first-order valence-electron chi connectivity index (χ1n) is 5.64. The fourth-order valence-corrected chi connectivity index (χ4v) is 1.69. The zero-order valence-electron chi connectivity index (χ0n) is 10.3. The lowest BCUT2D eigenvalue weighted by atomic mass is 10.3. The molecule has 0 unspecified atom stereocenters. The van der Waals surface area contributed by atoms with Gasteiger partial charge in [-0.3, -0.25) is 0 Å². The Morgan fingerprint density at radius 1 is 1.47 bits per heavy atom. The molecule has 19 heavy (non-hydrogen) atoms. The van der Waals surface area contributed by atoms with Crippen molar-refractivity contribution in [1.82, 2.24) is 25.5 Å². The average Bonchev–Trinajstić information content (AvgIpc) is 2.86. The molecule has 102 valence electrons. The van der Waals surface area contributed by atoms with Gasteiger partial charge in [0, 0.05) is 18.7 Å². The maximum atomic E-state index is 13.7. The lowest BCUT2D eigenvalue weighted by Crippen LogP contribution is -2.21. The fourth-order valence-electron chi connectivity index (χ4n) is 1.53. The largest absolute Gasteiger partial charge is 0.383 e. The molecular weight excluding hydrogens is 273 g/mol. The third kappa shape index (κ3) is 3.46. The van der Waals surface area contributed by atoms with Crippen LogP contribution in [0.4, 0.5) is 4.39 Å². The molecule has 0 amide bonds. The van der Waals surface area contributed by atoms with Crippen molar-refractivity contribution in [2.75, 3.05) is 20.3 Å². The summed E-state index contributed by atoms with van der Waals surface area (Å²) in [5.41, 5.74) is 0.223. The van der Waals surface area contributed by atoms with Crippen LogP contribution in [0.5, 0.6) is 0 Å². The Kier molecular flexibility index (Phi) is 4.78. The summed E-state index contributed by atoms with van der Waals surface area (Å²) < 4.78 is 20.0. The minimum atomic E-state index is -0.435. The molecule has 0 aliphatic heterocycles. The number of methoxy groups -OCH3 is 1. The fraction of sp³-hybridized carbons (Fsp3) is 0.364. The van der Waals surface area contributed by atoms with E-state index >= 15 is 0 Å². The molecule has 1 aromatic carbocycles. The second-order valence-corrected chi connectivity index (χ2v) is 4.21. The number of nitrogens with one attached hydrogen (secondary N) is 1. The van der Waals surface area contributed by atoms with Crippen molar-refractivity contribution in [3.63, 3.8) is 0 Å². The second-order valence-electron chi connectivity index (χ2n) is 3.77. The summed E-state index contributed by atoms with van der Waals surface area (Å²) in [6, 6.07) is 4.23.